The summed E-state index contributed by atoms with van der Waals surface area (Å²) in [7, 11) is 0. The molecule has 4 nitrogen and oxygen atoms in total. The van der Waals surface area contributed by atoms with Gasteiger partial charge in [-0.3, -0.25) is 9.69 Å². The summed E-state index contributed by atoms with van der Waals surface area (Å²) in [5.74, 6) is 0.156. The van der Waals surface area contributed by atoms with Crippen molar-refractivity contribution in [3.63, 3.8) is 0 Å². The standard InChI is InChI=1S/C14H26N2O2/c1-14(18)7-4-9-16(10-8-14)11-13(17)15-12-5-2-3-6-12/h12,18H,2-11H2,1H3,(H,15,17). The minimum Gasteiger partial charge on any atom is -0.390 e. The van der Waals surface area contributed by atoms with Crippen LogP contribution in [0.4, 0.5) is 0 Å². The lowest BCUT2D eigenvalue weighted by Crippen LogP contribution is -2.41. The maximum absolute atomic E-state index is 11.9. The van der Waals surface area contributed by atoms with Gasteiger partial charge in [-0.05, 0) is 45.6 Å². The highest BCUT2D eigenvalue weighted by atomic mass is 16.3. The molecule has 2 aliphatic rings. The molecule has 1 saturated carbocycles. The topological polar surface area (TPSA) is 52.6 Å². The first-order valence-corrected chi connectivity index (χ1v) is 7.29. The maximum Gasteiger partial charge on any atom is 0.234 e. The molecule has 18 heavy (non-hydrogen) atoms. The van der Waals surface area contributed by atoms with E-state index in [1.165, 1.54) is 12.8 Å². The van der Waals surface area contributed by atoms with Crippen molar-refractivity contribution in [1.82, 2.24) is 10.2 Å². The van der Waals surface area contributed by atoms with Crippen molar-refractivity contribution >= 4 is 5.91 Å². The summed E-state index contributed by atoms with van der Waals surface area (Å²) in [6.07, 6.45) is 7.36. The number of hydrogen-bond acceptors (Lipinski definition) is 3. The molecule has 2 rings (SSSR count). The Morgan fingerprint density at radius 2 is 2.00 bits per heavy atom. The Kier molecular flexibility index (Phi) is 4.62. The lowest BCUT2D eigenvalue weighted by Gasteiger charge is -2.22. The normalized spacial score (nSPS) is 31.2. The van der Waals surface area contributed by atoms with Crippen LogP contribution >= 0.6 is 0 Å². The molecular weight excluding hydrogens is 228 g/mol. The van der Waals surface area contributed by atoms with Crippen molar-refractivity contribution in [3.05, 3.63) is 0 Å². The number of amides is 1. The molecule has 1 atom stereocenters. The van der Waals surface area contributed by atoms with Gasteiger partial charge in [-0.1, -0.05) is 12.8 Å². The average Bonchev–Trinajstić information content (AvgIpc) is 2.72. The summed E-state index contributed by atoms with van der Waals surface area (Å²) < 4.78 is 0. The van der Waals surface area contributed by atoms with E-state index in [0.29, 0.717) is 12.6 Å². The minimum absolute atomic E-state index is 0.156. The molecule has 0 radical (unpaired) electrons. The highest BCUT2D eigenvalue weighted by molar-refractivity contribution is 5.78. The second-order valence-corrected chi connectivity index (χ2v) is 6.18. The van der Waals surface area contributed by atoms with Crippen LogP contribution in [-0.2, 0) is 4.79 Å². The van der Waals surface area contributed by atoms with Gasteiger partial charge in [-0.25, -0.2) is 0 Å². The number of rotatable bonds is 3. The van der Waals surface area contributed by atoms with Gasteiger partial charge in [0.1, 0.15) is 0 Å². The zero-order valence-corrected chi connectivity index (χ0v) is 11.5. The van der Waals surface area contributed by atoms with Crippen molar-refractivity contribution in [2.45, 2.75) is 63.5 Å². The Morgan fingerprint density at radius 3 is 2.72 bits per heavy atom. The van der Waals surface area contributed by atoms with Gasteiger partial charge in [0.25, 0.3) is 0 Å². The fourth-order valence-electron chi connectivity index (χ4n) is 3.02. The molecule has 4 heteroatoms. The molecule has 104 valence electrons. The average molecular weight is 254 g/mol. The van der Waals surface area contributed by atoms with Crippen LogP contribution in [0, 0.1) is 0 Å². The van der Waals surface area contributed by atoms with Crippen LogP contribution in [0.5, 0.6) is 0 Å². The molecule has 0 aromatic rings. The molecule has 1 unspecified atom stereocenters. The molecule has 0 bridgehead atoms. The highest BCUT2D eigenvalue weighted by Gasteiger charge is 2.26. The van der Waals surface area contributed by atoms with E-state index in [-0.39, 0.29) is 5.91 Å². The van der Waals surface area contributed by atoms with Gasteiger partial charge in [0.2, 0.25) is 5.91 Å². The van der Waals surface area contributed by atoms with Crippen LogP contribution in [-0.4, -0.2) is 47.2 Å². The largest absolute Gasteiger partial charge is 0.390 e. The number of hydrogen-bond donors (Lipinski definition) is 2. The summed E-state index contributed by atoms with van der Waals surface area (Å²) in [4.78, 5) is 14.1. The number of nitrogens with one attached hydrogen (secondary N) is 1. The van der Waals surface area contributed by atoms with E-state index in [2.05, 4.69) is 10.2 Å². The third kappa shape index (κ3) is 4.25. The van der Waals surface area contributed by atoms with E-state index in [0.717, 1.165) is 45.2 Å². The quantitative estimate of drug-likeness (QED) is 0.798. The minimum atomic E-state index is -0.545. The van der Waals surface area contributed by atoms with Crippen molar-refractivity contribution in [2.24, 2.45) is 0 Å². The van der Waals surface area contributed by atoms with Gasteiger partial charge in [0.15, 0.2) is 0 Å². The monoisotopic (exact) mass is 254 g/mol. The molecule has 1 aliphatic heterocycles. The lowest BCUT2D eigenvalue weighted by atomic mass is 9.98. The van der Waals surface area contributed by atoms with Crippen LogP contribution < -0.4 is 5.32 Å². The molecule has 1 amide bonds. The lowest BCUT2D eigenvalue weighted by molar-refractivity contribution is -0.123. The SMILES string of the molecule is CC1(O)CCCN(CC(=O)NC2CCCC2)CC1. The van der Waals surface area contributed by atoms with E-state index in [4.69, 9.17) is 0 Å². The molecular formula is C14H26N2O2. The highest BCUT2D eigenvalue weighted by Crippen LogP contribution is 2.21. The second-order valence-electron chi connectivity index (χ2n) is 6.18. The first-order valence-electron chi connectivity index (χ1n) is 7.29. The summed E-state index contributed by atoms with van der Waals surface area (Å²) in [5.41, 5.74) is -0.545. The molecule has 1 saturated heterocycles. The fourth-order valence-corrected chi connectivity index (χ4v) is 3.02. The van der Waals surface area contributed by atoms with Gasteiger partial charge in [0.05, 0.1) is 12.1 Å². The van der Waals surface area contributed by atoms with E-state index in [1.54, 1.807) is 0 Å². The zero-order valence-electron chi connectivity index (χ0n) is 11.5. The van der Waals surface area contributed by atoms with Gasteiger partial charge in [-0.15, -0.1) is 0 Å². The second kappa shape index (κ2) is 6.02. The van der Waals surface area contributed by atoms with Gasteiger partial charge in [-0.2, -0.15) is 0 Å². The molecule has 0 aromatic carbocycles. The molecule has 0 spiro atoms. The first-order chi connectivity index (χ1) is 8.55. The van der Waals surface area contributed by atoms with Crippen molar-refractivity contribution in [3.8, 4) is 0 Å². The number of carbonyl (C=O) groups is 1. The maximum atomic E-state index is 11.9. The summed E-state index contributed by atoms with van der Waals surface area (Å²) >= 11 is 0. The van der Waals surface area contributed by atoms with Crippen molar-refractivity contribution in [2.75, 3.05) is 19.6 Å². The predicted molar refractivity (Wildman–Crippen MR) is 71.3 cm³/mol. The summed E-state index contributed by atoms with van der Waals surface area (Å²) in [6, 6.07) is 0.410. The Labute approximate surface area is 110 Å². The Morgan fingerprint density at radius 1 is 1.28 bits per heavy atom. The van der Waals surface area contributed by atoms with Crippen LogP contribution in [0.1, 0.15) is 51.9 Å². The van der Waals surface area contributed by atoms with Crippen LogP contribution in [0.25, 0.3) is 0 Å². The van der Waals surface area contributed by atoms with E-state index in [1.807, 2.05) is 6.92 Å². The van der Waals surface area contributed by atoms with E-state index >= 15 is 0 Å². The Bertz CT molecular complexity index is 286. The molecule has 2 fully saturated rings. The number of likely N-dealkylation sites (tertiary alicyclic amines) is 1. The molecule has 1 aliphatic carbocycles. The molecule has 1 heterocycles. The predicted octanol–water partition coefficient (Wildman–Crippen LogP) is 1.28. The van der Waals surface area contributed by atoms with E-state index in [9.17, 15) is 9.90 Å². The van der Waals surface area contributed by atoms with Crippen molar-refractivity contribution < 1.29 is 9.90 Å². The number of aliphatic hydroxyl groups is 1. The zero-order chi connectivity index (χ0) is 13.0. The van der Waals surface area contributed by atoms with E-state index < -0.39 is 5.60 Å². The smallest absolute Gasteiger partial charge is 0.234 e. The fraction of sp³-hybridized carbons (Fsp3) is 0.929. The van der Waals surface area contributed by atoms with Crippen LogP contribution in [0.15, 0.2) is 0 Å². The third-order valence-electron chi connectivity index (χ3n) is 4.24. The number of carbonyl (C=O) groups excluding carboxylic acids is 1. The van der Waals surface area contributed by atoms with Crippen molar-refractivity contribution in [1.29, 1.82) is 0 Å². The third-order valence-corrected chi connectivity index (χ3v) is 4.24. The Balaban J connectivity index is 1.73. The molecule has 0 aromatic heterocycles. The van der Waals surface area contributed by atoms with Gasteiger partial charge < -0.3 is 10.4 Å². The first kappa shape index (κ1) is 13.8. The van der Waals surface area contributed by atoms with Crippen LogP contribution in [0.3, 0.4) is 0 Å². The van der Waals surface area contributed by atoms with Crippen LogP contribution in [0.2, 0.25) is 0 Å². The van der Waals surface area contributed by atoms with Gasteiger partial charge in [0, 0.05) is 12.6 Å². The summed E-state index contributed by atoms with van der Waals surface area (Å²) in [6.45, 7) is 4.14. The molecule has 2 N–H and O–H groups in total. The number of nitrogens with zero attached hydrogens (tertiary/aromatic N) is 1. The Hall–Kier alpha value is -0.610. The summed E-state index contributed by atoms with van der Waals surface area (Å²) in [5, 5.41) is 13.1. The van der Waals surface area contributed by atoms with Gasteiger partial charge >= 0.3 is 0 Å².